The van der Waals surface area contributed by atoms with Gasteiger partial charge < -0.3 is 18.9 Å². The van der Waals surface area contributed by atoms with Gasteiger partial charge in [0.05, 0.1) is 19.8 Å². The van der Waals surface area contributed by atoms with E-state index in [4.69, 9.17) is 14.0 Å². The van der Waals surface area contributed by atoms with Crippen molar-refractivity contribution in [3.8, 4) is 22.9 Å². The molecule has 0 aliphatic heterocycles. The normalized spacial score (nSPS) is 12.3. The van der Waals surface area contributed by atoms with Crippen LogP contribution in [0.15, 0.2) is 47.0 Å². The van der Waals surface area contributed by atoms with E-state index in [-0.39, 0.29) is 30.5 Å². The molecule has 0 unspecified atom stereocenters. The Hall–Kier alpha value is -3.56. The zero-order chi connectivity index (χ0) is 24.9. The Morgan fingerprint density at radius 2 is 1.76 bits per heavy atom. The Bertz CT molecular complexity index is 1110. The number of ether oxygens (including phenoxy) is 2. The van der Waals surface area contributed by atoms with Crippen molar-refractivity contribution in [2.75, 3.05) is 20.8 Å². The van der Waals surface area contributed by atoms with Gasteiger partial charge in [-0.2, -0.15) is 18.2 Å². The van der Waals surface area contributed by atoms with Crippen molar-refractivity contribution >= 4 is 5.91 Å². The largest absolute Gasteiger partial charge is 0.493 e. The summed E-state index contributed by atoms with van der Waals surface area (Å²) in [6.07, 6.45) is -3.49. The van der Waals surface area contributed by atoms with E-state index in [9.17, 15) is 18.0 Å². The van der Waals surface area contributed by atoms with Gasteiger partial charge in [-0.15, -0.1) is 0 Å². The van der Waals surface area contributed by atoms with Gasteiger partial charge in [-0.3, -0.25) is 4.79 Å². The number of carbonyl (C=O) groups is 1. The lowest BCUT2D eigenvalue weighted by Crippen LogP contribution is -2.39. The van der Waals surface area contributed by atoms with Crippen LogP contribution in [0.25, 0.3) is 11.4 Å². The highest BCUT2D eigenvalue weighted by Crippen LogP contribution is 2.31. The first-order chi connectivity index (χ1) is 16.2. The molecule has 34 heavy (non-hydrogen) atoms. The average molecular weight is 477 g/mol. The molecule has 1 aromatic heterocycles. The molecule has 7 nitrogen and oxygen atoms in total. The molecule has 0 aliphatic rings. The number of aromatic nitrogens is 2. The van der Waals surface area contributed by atoms with E-state index in [0.29, 0.717) is 35.2 Å². The molecule has 0 fully saturated rings. The lowest BCUT2D eigenvalue weighted by atomic mass is 10.1. The maximum Gasteiger partial charge on any atom is 0.416 e. The fourth-order valence-electron chi connectivity index (χ4n) is 3.38. The number of hydrogen-bond acceptors (Lipinski definition) is 6. The molecule has 0 N–H and O–H groups in total. The topological polar surface area (TPSA) is 77.7 Å². The summed E-state index contributed by atoms with van der Waals surface area (Å²) in [6, 6.07) is 9.32. The van der Waals surface area contributed by atoms with Crippen LogP contribution in [0.3, 0.4) is 0 Å². The Morgan fingerprint density at radius 3 is 2.35 bits per heavy atom. The van der Waals surface area contributed by atoms with E-state index in [1.54, 1.807) is 30.2 Å². The minimum absolute atomic E-state index is 0.136. The lowest BCUT2D eigenvalue weighted by Gasteiger charge is -2.28. The molecule has 0 spiro atoms. The van der Waals surface area contributed by atoms with Crippen LogP contribution in [-0.2, 0) is 12.6 Å². The van der Waals surface area contributed by atoms with E-state index in [2.05, 4.69) is 10.1 Å². The summed E-state index contributed by atoms with van der Waals surface area (Å²) in [4.78, 5) is 19.0. The number of carbonyl (C=O) groups excluding carboxylic acids is 1. The molecule has 3 rings (SSSR count). The molecule has 182 valence electrons. The first-order valence-electron chi connectivity index (χ1n) is 10.7. The summed E-state index contributed by atoms with van der Waals surface area (Å²) in [6.45, 7) is 4.08. The Kier molecular flexibility index (Phi) is 7.80. The second-order valence-electron chi connectivity index (χ2n) is 7.66. The van der Waals surface area contributed by atoms with Gasteiger partial charge in [0.15, 0.2) is 11.5 Å². The van der Waals surface area contributed by atoms with Crippen LogP contribution < -0.4 is 9.47 Å². The molecule has 0 radical (unpaired) electrons. The summed E-state index contributed by atoms with van der Waals surface area (Å²) in [5.74, 6) is 1.43. The van der Waals surface area contributed by atoms with Gasteiger partial charge in [0, 0.05) is 30.1 Å². The highest BCUT2D eigenvalue weighted by Gasteiger charge is 2.30. The van der Waals surface area contributed by atoms with Crippen molar-refractivity contribution in [3.05, 3.63) is 59.5 Å². The molecular weight excluding hydrogens is 451 g/mol. The highest BCUT2D eigenvalue weighted by molar-refractivity contribution is 5.94. The Balaban J connectivity index is 1.74. The van der Waals surface area contributed by atoms with Crippen LogP contribution in [0.5, 0.6) is 11.5 Å². The minimum Gasteiger partial charge on any atom is -0.493 e. The van der Waals surface area contributed by atoms with Gasteiger partial charge in [-0.25, -0.2) is 0 Å². The molecule has 1 amide bonds. The third kappa shape index (κ3) is 5.67. The van der Waals surface area contributed by atoms with E-state index < -0.39 is 11.7 Å². The van der Waals surface area contributed by atoms with Gasteiger partial charge in [0.25, 0.3) is 5.91 Å². The van der Waals surface area contributed by atoms with Gasteiger partial charge in [-0.1, -0.05) is 12.1 Å². The van der Waals surface area contributed by atoms with Crippen molar-refractivity contribution in [2.45, 2.75) is 38.9 Å². The fourth-order valence-corrected chi connectivity index (χ4v) is 3.38. The van der Waals surface area contributed by atoms with Crippen molar-refractivity contribution < 1.29 is 32.0 Å². The van der Waals surface area contributed by atoms with Gasteiger partial charge in [0.2, 0.25) is 11.7 Å². The van der Waals surface area contributed by atoms with Gasteiger partial charge >= 0.3 is 6.18 Å². The first kappa shape index (κ1) is 25.1. The summed E-state index contributed by atoms with van der Waals surface area (Å²) in [5, 5.41) is 4.00. The maximum absolute atomic E-state index is 13.0. The standard InChI is InChI=1S/C24H26F3N3O4/c1-5-15(2)30(23(31)16-6-9-18(10-7-16)24(25,26)27)13-12-21-28-22(29-34-21)17-8-11-19(32-3)20(14-17)33-4/h6-11,14-15H,5,12-13H2,1-4H3/t15-/m0/s1. The Labute approximate surface area is 195 Å². The first-order valence-corrected chi connectivity index (χ1v) is 10.7. The number of nitrogens with zero attached hydrogens (tertiary/aromatic N) is 3. The van der Waals surface area contributed by atoms with E-state index >= 15 is 0 Å². The molecular formula is C24H26F3N3O4. The molecule has 0 aliphatic carbocycles. The molecule has 1 atom stereocenters. The molecule has 0 saturated carbocycles. The van der Waals surface area contributed by atoms with Crippen LogP contribution in [0, 0.1) is 0 Å². The van der Waals surface area contributed by atoms with Crippen LogP contribution in [0.2, 0.25) is 0 Å². The zero-order valence-corrected chi connectivity index (χ0v) is 19.3. The molecule has 2 aromatic carbocycles. The van der Waals surface area contributed by atoms with Crippen LogP contribution in [0.4, 0.5) is 13.2 Å². The molecule has 1 heterocycles. The number of hydrogen-bond donors (Lipinski definition) is 0. The minimum atomic E-state index is -4.46. The predicted octanol–water partition coefficient (Wildman–Crippen LogP) is 5.26. The van der Waals surface area contributed by atoms with Crippen molar-refractivity contribution in [1.82, 2.24) is 15.0 Å². The lowest BCUT2D eigenvalue weighted by molar-refractivity contribution is -0.137. The van der Waals surface area contributed by atoms with E-state index in [0.717, 1.165) is 12.1 Å². The SMILES string of the molecule is CC[C@H](C)N(CCc1nc(-c2ccc(OC)c(OC)c2)no1)C(=O)c1ccc(C(F)(F)F)cc1. The summed E-state index contributed by atoms with van der Waals surface area (Å²) in [7, 11) is 3.07. The van der Waals surface area contributed by atoms with Crippen molar-refractivity contribution in [3.63, 3.8) is 0 Å². The Morgan fingerprint density at radius 1 is 1.09 bits per heavy atom. The number of alkyl halides is 3. The number of amides is 1. The molecule has 0 saturated heterocycles. The zero-order valence-electron chi connectivity index (χ0n) is 19.3. The number of benzene rings is 2. The van der Waals surface area contributed by atoms with Gasteiger partial charge in [0.1, 0.15) is 0 Å². The fraction of sp³-hybridized carbons (Fsp3) is 0.375. The van der Waals surface area contributed by atoms with E-state index in [1.165, 1.54) is 19.2 Å². The molecule has 0 bridgehead atoms. The van der Waals surface area contributed by atoms with E-state index in [1.807, 2.05) is 13.8 Å². The third-order valence-corrected chi connectivity index (χ3v) is 5.52. The number of methoxy groups -OCH3 is 2. The summed E-state index contributed by atoms with van der Waals surface area (Å²) in [5.41, 5.74) is 0.0600. The van der Waals surface area contributed by atoms with Crippen LogP contribution >= 0.6 is 0 Å². The third-order valence-electron chi connectivity index (χ3n) is 5.52. The predicted molar refractivity (Wildman–Crippen MR) is 119 cm³/mol. The summed E-state index contributed by atoms with van der Waals surface area (Å²) >= 11 is 0. The van der Waals surface area contributed by atoms with Crippen molar-refractivity contribution in [1.29, 1.82) is 0 Å². The average Bonchev–Trinajstić information content (AvgIpc) is 3.31. The second-order valence-corrected chi connectivity index (χ2v) is 7.66. The number of halogens is 3. The highest BCUT2D eigenvalue weighted by atomic mass is 19.4. The second kappa shape index (κ2) is 10.6. The maximum atomic E-state index is 13.0. The van der Waals surface area contributed by atoms with Crippen molar-refractivity contribution in [2.24, 2.45) is 0 Å². The van der Waals surface area contributed by atoms with Crippen LogP contribution in [0.1, 0.15) is 42.1 Å². The quantitative estimate of drug-likeness (QED) is 0.419. The molecule has 3 aromatic rings. The summed E-state index contributed by atoms with van der Waals surface area (Å²) < 4.78 is 54.4. The molecule has 10 heteroatoms. The van der Waals surface area contributed by atoms with Gasteiger partial charge in [-0.05, 0) is 55.8 Å². The smallest absolute Gasteiger partial charge is 0.416 e. The number of rotatable bonds is 9. The van der Waals surface area contributed by atoms with Crippen LogP contribution in [-0.4, -0.2) is 47.8 Å². The monoisotopic (exact) mass is 477 g/mol.